The quantitative estimate of drug-likeness (QED) is 0.701. The Morgan fingerprint density at radius 3 is 2.46 bits per heavy atom. The summed E-state index contributed by atoms with van der Waals surface area (Å²) in [5.41, 5.74) is 8.78. The van der Waals surface area contributed by atoms with Crippen LogP contribution in [0.5, 0.6) is 5.75 Å². The van der Waals surface area contributed by atoms with Gasteiger partial charge in [0.25, 0.3) is 5.91 Å². The third kappa shape index (κ3) is 5.88. The maximum atomic E-state index is 13.0. The first-order valence-corrected chi connectivity index (χ1v) is 9.48. The van der Waals surface area contributed by atoms with Gasteiger partial charge in [-0.15, -0.1) is 0 Å². The van der Waals surface area contributed by atoms with E-state index < -0.39 is 0 Å². The summed E-state index contributed by atoms with van der Waals surface area (Å²) in [6.07, 6.45) is 2.74. The molecule has 0 saturated heterocycles. The number of carbonyl (C=O) groups is 1. The average molecular weight is 354 g/mol. The van der Waals surface area contributed by atoms with Gasteiger partial charge in [0.2, 0.25) is 0 Å². The second-order valence-corrected chi connectivity index (χ2v) is 6.42. The summed E-state index contributed by atoms with van der Waals surface area (Å²) in [5.74, 6) is 0.829. The molecule has 2 N–H and O–H groups in total. The molecule has 0 aromatic heterocycles. The molecule has 0 unspecified atom stereocenters. The van der Waals surface area contributed by atoms with Crippen LogP contribution in [0.3, 0.4) is 0 Å². The molecule has 4 nitrogen and oxygen atoms in total. The molecule has 1 amide bonds. The first-order chi connectivity index (χ1) is 12.7. The monoisotopic (exact) mass is 354 g/mol. The van der Waals surface area contributed by atoms with Crippen molar-refractivity contribution in [2.45, 2.75) is 39.7 Å². The number of hydrogen-bond donors (Lipinski definition) is 1. The number of nitrogens with two attached hydrogens (primary N) is 1. The van der Waals surface area contributed by atoms with Crippen LogP contribution in [0.25, 0.3) is 0 Å². The minimum Gasteiger partial charge on any atom is -0.494 e. The van der Waals surface area contributed by atoms with E-state index in [1.807, 2.05) is 29.2 Å². The molecule has 26 heavy (non-hydrogen) atoms. The minimum absolute atomic E-state index is 0.0300. The normalized spacial score (nSPS) is 10.6. The summed E-state index contributed by atoms with van der Waals surface area (Å²) in [6, 6.07) is 15.8. The molecular weight excluding hydrogens is 324 g/mol. The highest BCUT2D eigenvalue weighted by Gasteiger charge is 2.16. The Bertz CT molecular complexity index is 683. The zero-order chi connectivity index (χ0) is 18.8. The number of carbonyl (C=O) groups excluding carboxylic acids is 1. The largest absolute Gasteiger partial charge is 0.494 e. The van der Waals surface area contributed by atoms with E-state index in [1.54, 1.807) is 0 Å². The highest BCUT2D eigenvalue weighted by Crippen LogP contribution is 2.16. The van der Waals surface area contributed by atoms with E-state index >= 15 is 0 Å². The second kappa shape index (κ2) is 10.6. The summed E-state index contributed by atoms with van der Waals surface area (Å²) in [6.45, 7) is 6.71. The molecule has 140 valence electrons. The van der Waals surface area contributed by atoms with Crippen LogP contribution in [0.1, 0.15) is 48.2 Å². The number of ether oxygens (including phenoxy) is 1. The Hall–Kier alpha value is -2.33. The zero-order valence-electron chi connectivity index (χ0n) is 15.9. The standard InChI is InChI=1S/C22H30N2O2/c1-3-15-26-21-11-9-20(10-12-21)22(25)24(14-6-13-23)17-19-8-5-7-18(4-2)16-19/h5,7-12,16H,3-4,6,13-15,17,23H2,1-2H3. The summed E-state index contributed by atoms with van der Waals surface area (Å²) in [5, 5.41) is 0. The van der Waals surface area contributed by atoms with Gasteiger partial charge in [-0.3, -0.25) is 4.79 Å². The summed E-state index contributed by atoms with van der Waals surface area (Å²) < 4.78 is 5.60. The van der Waals surface area contributed by atoms with Crippen molar-refractivity contribution in [1.82, 2.24) is 4.90 Å². The van der Waals surface area contributed by atoms with Gasteiger partial charge in [-0.1, -0.05) is 38.1 Å². The van der Waals surface area contributed by atoms with Crippen LogP contribution in [-0.4, -0.2) is 30.5 Å². The number of benzene rings is 2. The van der Waals surface area contributed by atoms with E-state index in [0.717, 1.165) is 30.6 Å². The predicted octanol–water partition coefficient (Wildman–Crippen LogP) is 4.03. The van der Waals surface area contributed by atoms with Gasteiger partial charge in [-0.05, 0) is 61.2 Å². The lowest BCUT2D eigenvalue weighted by atomic mass is 10.1. The molecule has 0 saturated carbocycles. The first-order valence-electron chi connectivity index (χ1n) is 9.48. The smallest absolute Gasteiger partial charge is 0.254 e. The van der Waals surface area contributed by atoms with Crippen molar-refractivity contribution < 1.29 is 9.53 Å². The van der Waals surface area contributed by atoms with Gasteiger partial charge < -0.3 is 15.4 Å². The molecular formula is C22H30N2O2. The van der Waals surface area contributed by atoms with Crippen LogP contribution in [0.15, 0.2) is 48.5 Å². The van der Waals surface area contributed by atoms with Crippen LogP contribution in [-0.2, 0) is 13.0 Å². The number of aryl methyl sites for hydroxylation is 1. The van der Waals surface area contributed by atoms with Gasteiger partial charge in [0.05, 0.1) is 6.61 Å². The summed E-state index contributed by atoms with van der Waals surface area (Å²) >= 11 is 0. The fraction of sp³-hybridized carbons (Fsp3) is 0.409. The van der Waals surface area contributed by atoms with Gasteiger partial charge >= 0.3 is 0 Å². The third-order valence-corrected chi connectivity index (χ3v) is 4.27. The number of hydrogen-bond acceptors (Lipinski definition) is 3. The lowest BCUT2D eigenvalue weighted by Crippen LogP contribution is -2.32. The van der Waals surface area contributed by atoms with Crippen molar-refractivity contribution in [3.05, 3.63) is 65.2 Å². The fourth-order valence-electron chi connectivity index (χ4n) is 2.80. The highest BCUT2D eigenvalue weighted by atomic mass is 16.5. The topological polar surface area (TPSA) is 55.6 Å². The van der Waals surface area contributed by atoms with E-state index in [0.29, 0.717) is 31.8 Å². The molecule has 0 radical (unpaired) electrons. The van der Waals surface area contributed by atoms with E-state index in [9.17, 15) is 4.79 Å². The molecule has 2 aromatic carbocycles. The maximum absolute atomic E-state index is 13.0. The van der Waals surface area contributed by atoms with Crippen molar-refractivity contribution in [3.63, 3.8) is 0 Å². The van der Waals surface area contributed by atoms with Crippen LogP contribution in [0, 0.1) is 0 Å². The lowest BCUT2D eigenvalue weighted by molar-refractivity contribution is 0.0742. The number of nitrogens with zero attached hydrogens (tertiary/aromatic N) is 1. The van der Waals surface area contributed by atoms with E-state index in [1.165, 1.54) is 5.56 Å². The Balaban J connectivity index is 2.12. The predicted molar refractivity (Wildman–Crippen MR) is 106 cm³/mol. The number of amides is 1. The molecule has 2 aromatic rings. The molecule has 0 aliphatic carbocycles. The van der Waals surface area contributed by atoms with E-state index in [2.05, 4.69) is 38.1 Å². The van der Waals surface area contributed by atoms with Crippen LogP contribution < -0.4 is 10.5 Å². The highest BCUT2D eigenvalue weighted by molar-refractivity contribution is 5.94. The average Bonchev–Trinajstić information content (AvgIpc) is 2.69. The summed E-state index contributed by atoms with van der Waals surface area (Å²) in [4.78, 5) is 14.9. The second-order valence-electron chi connectivity index (χ2n) is 6.42. The Morgan fingerprint density at radius 1 is 1.08 bits per heavy atom. The van der Waals surface area contributed by atoms with Crippen LogP contribution in [0.4, 0.5) is 0 Å². The Kier molecular flexibility index (Phi) is 8.16. The Morgan fingerprint density at radius 2 is 1.81 bits per heavy atom. The molecule has 0 fully saturated rings. The molecule has 0 atom stereocenters. The molecule has 2 rings (SSSR count). The van der Waals surface area contributed by atoms with Crippen molar-refractivity contribution in [3.8, 4) is 5.75 Å². The summed E-state index contributed by atoms with van der Waals surface area (Å²) in [7, 11) is 0. The van der Waals surface area contributed by atoms with Gasteiger partial charge in [0.15, 0.2) is 0 Å². The molecule has 0 spiro atoms. The van der Waals surface area contributed by atoms with Gasteiger partial charge in [-0.2, -0.15) is 0 Å². The van der Waals surface area contributed by atoms with Crippen molar-refractivity contribution in [1.29, 1.82) is 0 Å². The molecule has 0 aliphatic heterocycles. The van der Waals surface area contributed by atoms with Crippen molar-refractivity contribution in [2.24, 2.45) is 5.73 Å². The van der Waals surface area contributed by atoms with Gasteiger partial charge in [0.1, 0.15) is 5.75 Å². The van der Waals surface area contributed by atoms with Crippen molar-refractivity contribution >= 4 is 5.91 Å². The maximum Gasteiger partial charge on any atom is 0.254 e. The van der Waals surface area contributed by atoms with Gasteiger partial charge in [-0.25, -0.2) is 0 Å². The van der Waals surface area contributed by atoms with E-state index in [4.69, 9.17) is 10.5 Å². The molecule has 0 bridgehead atoms. The van der Waals surface area contributed by atoms with Gasteiger partial charge in [0, 0.05) is 18.7 Å². The first kappa shape index (κ1) is 20.0. The van der Waals surface area contributed by atoms with Crippen molar-refractivity contribution in [2.75, 3.05) is 19.7 Å². The lowest BCUT2D eigenvalue weighted by Gasteiger charge is -2.23. The van der Waals surface area contributed by atoms with E-state index in [-0.39, 0.29) is 5.91 Å². The SMILES string of the molecule is CCCOc1ccc(C(=O)N(CCCN)Cc2cccc(CC)c2)cc1. The minimum atomic E-state index is 0.0300. The number of rotatable bonds is 10. The van der Waals surface area contributed by atoms with Crippen LogP contribution in [0.2, 0.25) is 0 Å². The molecule has 0 aliphatic rings. The zero-order valence-corrected chi connectivity index (χ0v) is 15.9. The fourth-order valence-corrected chi connectivity index (χ4v) is 2.80. The van der Waals surface area contributed by atoms with Crippen LogP contribution >= 0.6 is 0 Å². The molecule has 0 heterocycles. The third-order valence-electron chi connectivity index (χ3n) is 4.27. The Labute approximate surface area is 157 Å². The molecule has 4 heteroatoms.